The first-order valence-corrected chi connectivity index (χ1v) is 17.0. The van der Waals surface area contributed by atoms with E-state index in [9.17, 15) is 0 Å². The van der Waals surface area contributed by atoms with Gasteiger partial charge >= 0.3 is 0 Å². The maximum Gasteiger partial charge on any atom is 0.164 e. The van der Waals surface area contributed by atoms with Crippen molar-refractivity contribution in [1.82, 2.24) is 19.9 Å². The summed E-state index contributed by atoms with van der Waals surface area (Å²) < 4.78 is 6.58. The Hall–Kier alpha value is -6.98. The lowest BCUT2D eigenvalue weighted by Gasteiger charge is -2.11. The van der Waals surface area contributed by atoms with Crippen LogP contribution in [-0.4, -0.2) is 19.9 Å². The molecule has 10 rings (SSSR count). The summed E-state index contributed by atoms with van der Waals surface area (Å²) in [5.74, 6) is 1.82. The van der Waals surface area contributed by atoms with Gasteiger partial charge in [-0.2, -0.15) is 0 Å². The van der Waals surface area contributed by atoms with E-state index in [0.29, 0.717) is 17.5 Å². The molecular weight excluding hydrogens is 625 g/mol. The number of furan rings is 1. The molecule has 7 aromatic carbocycles. The molecule has 3 heterocycles. The minimum Gasteiger partial charge on any atom is -0.455 e. The highest BCUT2D eigenvalue weighted by Crippen LogP contribution is 2.41. The van der Waals surface area contributed by atoms with Gasteiger partial charge in [0.2, 0.25) is 0 Å². The van der Waals surface area contributed by atoms with Gasteiger partial charge in [-0.3, -0.25) is 0 Å². The Morgan fingerprint density at radius 3 is 1.63 bits per heavy atom. The van der Waals surface area contributed by atoms with Crippen molar-refractivity contribution < 1.29 is 4.42 Å². The molecule has 238 valence electrons. The van der Waals surface area contributed by atoms with Gasteiger partial charge < -0.3 is 4.42 Å². The van der Waals surface area contributed by atoms with E-state index in [4.69, 9.17) is 24.4 Å². The van der Waals surface area contributed by atoms with Gasteiger partial charge in [0.15, 0.2) is 17.5 Å². The second-order valence-electron chi connectivity index (χ2n) is 12.7. The largest absolute Gasteiger partial charge is 0.455 e. The standard InChI is InChI=1S/C46H28N4O/c1-3-12-29(13-4-1)30-22-24-32(25-23-30)45-48-44(31-14-5-2-6-15-31)49-46(50-45)36-19-11-18-35(26-36)42-41-37-20-9-10-21-40(37)51-43(41)38-27-33-16-7-8-17-34(33)28-39(38)47-42/h1-28H. The second kappa shape index (κ2) is 11.9. The number of para-hydroxylation sites is 1. The summed E-state index contributed by atoms with van der Waals surface area (Å²) in [5.41, 5.74) is 9.37. The molecule has 0 saturated heterocycles. The number of nitrogens with zero attached hydrogens (tertiary/aromatic N) is 4. The highest BCUT2D eigenvalue weighted by atomic mass is 16.3. The van der Waals surface area contributed by atoms with Crippen molar-refractivity contribution in [3.63, 3.8) is 0 Å². The normalized spacial score (nSPS) is 11.5. The Morgan fingerprint density at radius 2 is 0.882 bits per heavy atom. The molecule has 5 nitrogen and oxygen atoms in total. The molecule has 0 unspecified atom stereocenters. The molecule has 10 aromatic rings. The van der Waals surface area contributed by atoms with Crippen molar-refractivity contribution >= 4 is 43.6 Å². The Bertz CT molecular complexity index is 2900. The third-order valence-corrected chi connectivity index (χ3v) is 9.49. The van der Waals surface area contributed by atoms with E-state index in [2.05, 4.69) is 109 Å². The summed E-state index contributed by atoms with van der Waals surface area (Å²) in [4.78, 5) is 20.4. The number of aromatic nitrogens is 4. The van der Waals surface area contributed by atoms with E-state index in [0.717, 1.165) is 82.7 Å². The SMILES string of the molecule is c1ccc(-c2ccc(-c3nc(-c4ccccc4)nc(-c4cccc(-c5nc6cc7ccccc7cc6c6oc7ccccc7c56)c4)n3)cc2)cc1. The molecule has 0 saturated carbocycles. The van der Waals surface area contributed by atoms with Gasteiger partial charge in [-0.1, -0.05) is 146 Å². The van der Waals surface area contributed by atoms with Crippen LogP contribution in [0.3, 0.4) is 0 Å². The van der Waals surface area contributed by atoms with E-state index in [1.165, 1.54) is 0 Å². The summed E-state index contributed by atoms with van der Waals surface area (Å²) in [5, 5.41) is 5.30. The van der Waals surface area contributed by atoms with Gasteiger partial charge in [0.25, 0.3) is 0 Å². The molecule has 3 aromatic heterocycles. The topological polar surface area (TPSA) is 64.7 Å². The van der Waals surface area contributed by atoms with Gasteiger partial charge in [0.1, 0.15) is 11.2 Å². The summed E-state index contributed by atoms with van der Waals surface area (Å²) >= 11 is 0. The van der Waals surface area contributed by atoms with Crippen LogP contribution >= 0.6 is 0 Å². The second-order valence-corrected chi connectivity index (χ2v) is 12.7. The molecule has 0 bridgehead atoms. The van der Waals surface area contributed by atoms with Crippen LogP contribution in [0.5, 0.6) is 0 Å². The van der Waals surface area contributed by atoms with Crippen LogP contribution in [0.4, 0.5) is 0 Å². The predicted octanol–water partition coefficient (Wildman–Crippen LogP) is 11.8. The van der Waals surface area contributed by atoms with Crippen LogP contribution in [0, 0.1) is 0 Å². The molecule has 0 aliphatic heterocycles. The molecule has 0 aliphatic rings. The third-order valence-electron chi connectivity index (χ3n) is 9.49. The van der Waals surface area contributed by atoms with Crippen LogP contribution < -0.4 is 0 Å². The minimum atomic E-state index is 0.591. The lowest BCUT2D eigenvalue weighted by atomic mass is 9.99. The highest BCUT2D eigenvalue weighted by molar-refractivity contribution is 6.20. The summed E-state index contributed by atoms with van der Waals surface area (Å²) in [6.45, 7) is 0. The number of fused-ring (bicyclic) bond motifs is 6. The van der Waals surface area contributed by atoms with E-state index in [-0.39, 0.29) is 0 Å². The predicted molar refractivity (Wildman–Crippen MR) is 207 cm³/mol. The highest BCUT2D eigenvalue weighted by Gasteiger charge is 2.20. The van der Waals surface area contributed by atoms with Gasteiger partial charge in [-0.05, 0) is 46.2 Å². The minimum absolute atomic E-state index is 0.591. The van der Waals surface area contributed by atoms with Crippen LogP contribution in [0.2, 0.25) is 0 Å². The van der Waals surface area contributed by atoms with E-state index in [1.807, 2.05) is 60.7 Å². The first-order valence-electron chi connectivity index (χ1n) is 17.0. The molecule has 51 heavy (non-hydrogen) atoms. The van der Waals surface area contributed by atoms with Crippen molar-refractivity contribution in [3.8, 4) is 56.5 Å². The zero-order valence-electron chi connectivity index (χ0n) is 27.4. The number of hydrogen-bond donors (Lipinski definition) is 0. The first kappa shape index (κ1) is 29.0. The number of pyridine rings is 1. The maximum absolute atomic E-state index is 6.58. The zero-order chi connectivity index (χ0) is 33.7. The Morgan fingerprint density at radius 1 is 0.353 bits per heavy atom. The van der Waals surface area contributed by atoms with E-state index < -0.39 is 0 Å². The number of hydrogen-bond acceptors (Lipinski definition) is 5. The lowest BCUT2D eigenvalue weighted by molar-refractivity contribution is 0.672. The lowest BCUT2D eigenvalue weighted by Crippen LogP contribution is -2.00. The third kappa shape index (κ3) is 5.11. The molecule has 0 N–H and O–H groups in total. The number of benzene rings is 7. The average molecular weight is 653 g/mol. The van der Waals surface area contributed by atoms with Crippen molar-refractivity contribution in [2.24, 2.45) is 0 Å². The van der Waals surface area contributed by atoms with E-state index in [1.54, 1.807) is 0 Å². The Kier molecular flexibility index (Phi) is 6.74. The van der Waals surface area contributed by atoms with E-state index >= 15 is 0 Å². The first-order chi connectivity index (χ1) is 25.2. The van der Waals surface area contributed by atoms with Gasteiger partial charge in [0, 0.05) is 33.0 Å². The Balaban J connectivity index is 1.15. The van der Waals surface area contributed by atoms with Crippen LogP contribution in [0.15, 0.2) is 174 Å². The Labute approximate surface area is 293 Å². The van der Waals surface area contributed by atoms with Crippen LogP contribution in [0.25, 0.3) is 100 Å². The van der Waals surface area contributed by atoms with Crippen molar-refractivity contribution in [1.29, 1.82) is 0 Å². The smallest absolute Gasteiger partial charge is 0.164 e. The van der Waals surface area contributed by atoms with Gasteiger partial charge in [-0.15, -0.1) is 0 Å². The van der Waals surface area contributed by atoms with Crippen LogP contribution in [-0.2, 0) is 0 Å². The molecule has 0 radical (unpaired) electrons. The van der Waals surface area contributed by atoms with Gasteiger partial charge in [0.05, 0.1) is 16.6 Å². The monoisotopic (exact) mass is 652 g/mol. The average Bonchev–Trinajstić information content (AvgIpc) is 3.61. The summed E-state index contributed by atoms with van der Waals surface area (Å²) in [7, 11) is 0. The number of rotatable bonds is 5. The maximum atomic E-state index is 6.58. The summed E-state index contributed by atoms with van der Waals surface area (Å²) in [6.07, 6.45) is 0. The fraction of sp³-hybridized carbons (Fsp3) is 0. The molecule has 0 amide bonds. The fourth-order valence-electron chi connectivity index (χ4n) is 6.96. The van der Waals surface area contributed by atoms with Crippen molar-refractivity contribution in [2.45, 2.75) is 0 Å². The van der Waals surface area contributed by atoms with Crippen molar-refractivity contribution in [2.75, 3.05) is 0 Å². The van der Waals surface area contributed by atoms with Crippen molar-refractivity contribution in [3.05, 3.63) is 170 Å². The summed E-state index contributed by atoms with van der Waals surface area (Å²) in [6, 6.07) is 58.0. The quantitative estimate of drug-likeness (QED) is 0.173. The molecular formula is C46H28N4O. The molecule has 5 heteroatoms. The zero-order valence-corrected chi connectivity index (χ0v) is 27.4. The molecule has 0 atom stereocenters. The fourth-order valence-corrected chi connectivity index (χ4v) is 6.96. The van der Waals surface area contributed by atoms with Crippen LogP contribution in [0.1, 0.15) is 0 Å². The van der Waals surface area contributed by atoms with Gasteiger partial charge in [-0.25, -0.2) is 19.9 Å². The molecule has 0 fully saturated rings. The molecule has 0 aliphatic carbocycles. The molecule has 0 spiro atoms.